The minimum Gasteiger partial charge on any atom is -0.285 e. The number of anilines is 1. The van der Waals surface area contributed by atoms with Gasteiger partial charge in [-0.3, -0.25) is 14.7 Å². The average molecular weight is 394 g/mol. The lowest BCUT2D eigenvalue weighted by atomic mass is 10.1. The molecule has 134 valence electrons. The zero-order valence-corrected chi connectivity index (χ0v) is 16.2. The Morgan fingerprint density at radius 2 is 2.07 bits per heavy atom. The molecule has 0 radical (unpaired) electrons. The summed E-state index contributed by atoms with van der Waals surface area (Å²) in [5.74, 6) is -0.115. The van der Waals surface area contributed by atoms with Crippen molar-refractivity contribution in [3.8, 4) is 0 Å². The molecule has 0 atom stereocenters. The summed E-state index contributed by atoms with van der Waals surface area (Å²) in [5, 5.41) is 2.35. The molecule has 6 heteroatoms. The van der Waals surface area contributed by atoms with Crippen molar-refractivity contribution in [2.24, 2.45) is 0 Å². The number of likely N-dealkylation sites (N-methyl/N-ethyl adjacent to an activating group) is 1. The van der Waals surface area contributed by atoms with Crippen LogP contribution >= 0.6 is 22.9 Å². The highest BCUT2D eigenvalue weighted by atomic mass is 35.5. The number of halogens is 1. The lowest BCUT2D eigenvalue weighted by Crippen LogP contribution is -2.28. The van der Waals surface area contributed by atoms with Crippen molar-refractivity contribution in [2.45, 2.75) is 6.92 Å². The van der Waals surface area contributed by atoms with Gasteiger partial charge in [-0.2, -0.15) is 0 Å². The Hall–Kier alpha value is -2.76. The third-order valence-electron chi connectivity index (χ3n) is 4.22. The van der Waals surface area contributed by atoms with E-state index >= 15 is 0 Å². The third-order valence-corrected chi connectivity index (χ3v) is 5.52. The standard InChI is InChI=1S/C21H16ClN3OS/c1-2-25(21-24-17-13-16(22)9-10-18(17)27-21)19(26)11-8-15-6-3-5-14-7-4-12-23-20(14)15/h3-13H,2H2,1H3/b11-8+. The molecule has 0 aliphatic carbocycles. The molecule has 27 heavy (non-hydrogen) atoms. The van der Waals surface area contributed by atoms with E-state index in [1.165, 1.54) is 11.3 Å². The predicted octanol–water partition coefficient (Wildman–Crippen LogP) is 5.56. The SMILES string of the molecule is CCN(C(=O)/C=C/c1cccc2cccnc12)c1nc2cc(Cl)ccc2s1. The Labute approximate surface area is 165 Å². The van der Waals surface area contributed by atoms with Crippen LogP contribution < -0.4 is 4.90 Å². The maximum atomic E-state index is 12.8. The normalized spacial score (nSPS) is 11.5. The molecule has 4 nitrogen and oxygen atoms in total. The van der Waals surface area contributed by atoms with Crippen LogP contribution in [0.5, 0.6) is 0 Å². The summed E-state index contributed by atoms with van der Waals surface area (Å²) in [4.78, 5) is 23.4. The number of nitrogens with zero attached hydrogens (tertiary/aromatic N) is 3. The van der Waals surface area contributed by atoms with E-state index in [-0.39, 0.29) is 5.91 Å². The highest BCUT2D eigenvalue weighted by Crippen LogP contribution is 2.30. The lowest BCUT2D eigenvalue weighted by molar-refractivity contribution is -0.114. The Morgan fingerprint density at radius 1 is 1.22 bits per heavy atom. The van der Waals surface area contributed by atoms with Gasteiger partial charge in [-0.25, -0.2) is 4.98 Å². The highest BCUT2D eigenvalue weighted by Gasteiger charge is 2.16. The number of aromatic nitrogens is 2. The van der Waals surface area contributed by atoms with E-state index in [0.717, 1.165) is 26.7 Å². The number of hydrogen-bond acceptors (Lipinski definition) is 4. The van der Waals surface area contributed by atoms with Crippen LogP contribution in [0, 0.1) is 0 Å². The first-order valence-corrected chi connectivity index (χ1v) is 9.74. The molecule has 0 saturated heterocycles. The number of carbonyl (C=O) groups is 1. The number of carbonyl (C=O) groups excluding carboxylic acids is 1. The quantitative estimate of drug-likeness (QED) is 0.426. The zero-order chi connectivity index (χ0) is 18.8. The first-order chi connectivity index (χ1) is 13.2. The number of rotatable bonds is 4. The fourth-order valence-electron chi connectivity index (χ4n) is 2.90. The Balaban J connectivity index is 1.64. The Kier molecular flexibility index (Phi) is 4.88. The maximum absolute atomic E-state index is 12.8. The van der Waals surface area contributed by atoms with E-state index in [1.54, 1.807) is 17.2 Å². The van der Waals surface area contributed by atoms with Crippen molar-refractivity contribution in [3.63, 3.8) is 0 Å². The Bertz CT molecular complexity index is 1160. The third kappa shape index (κ3) is 3.56. The first-order valence-electron chi connectivity index (χ1n) is 8.55. The average Bonchev–Trinajstić information content (AvgIpc) is 3.09. The summed E-state index contributed by atoms with van der Waals surface area (Å²) in [6.45, 7) is 2.47. The van der Waals surface area contributed by atoms with Gasteiger partial charge in [-0.1, -0.05) is 47.2 Å². The molecular formula is C21H16ClN3OS. The summed E-state index contributed by atoms with van der Waals surface area (Å²) in [6.07, 6.45) is 5.14. The van der Waals surface area contributed by atoms with E-state index in [2.05, 4.69) is 9.97 Å². The molecule has 0 saturated carbocycles. The zero-order valence-electron chi connectivity index (χ0n) is 14.6. The maximum Gasteiger partial charge on any atom is 0.252 e. The predicted molar refractivity (Wildman–Crippen MR) is 113 cm³/mol. The molecule has 2 aromatic carbocycles. The van der Waals surface area contributed by atoms with E-state index in [1.807, 2.05) is 61.5 Å². The van der Waals surface area contributed by atoms with Crippen LogP contribution in [0.25, 0.3) is 27.2 Å². The second-order valence-electron chi connectivity index (χ2n) is 5.95. The topological polar surface area (TPSA) is 46.1 Å². The number of hydrogen-bond donors (Lipinski definition) is 0. The monoisotopic (exact) mass is 393 g/mol. The van der Waals surface area contributed by atoms with E-state index in [9.17, 15) is 4.79 Å². The van der Waals surface area contributed by atoms with E-state index < -0.39 is 0 Å². The van der Waals surface area contributed by atoms with Crippen molar-refractivity contribution >= 4 is 61.2 Å². The van der Waals surface area contributed by atoms with Crippen molar-refractivity contribution in [1.82, 2.24) is 9.97 Å². The number of pyridine rings is 1. The summed E-state index contributed by atoms with van der Waals surface area (Å²) >= 11 is 7.52. The van der Waals surface area contributed by atoms with Gasteiger partial charge in [-0.15, -0.1) is 0 Å². The summed E-state index contributed by atoms with van der Waals surface area (Å²) in [7, 11) is 0. The molecule has 2 aromatic heterocycles. The fraction of sp³-hybridized carbons (Fsp3) is 0.0952. The first kappa shape index (κ1) is 17.6. The molecule has 0 fully saturated rings. The van der Waals surface area contributed by atoms with Gasteiger partial charge in [0.2, 0.25) is 0 Å². The number of benzene rings is 2. The summed E-state index contributed by atoms with van der Waals surface area (Å²) < 4.78 is 1.00. The molecule has 0 spiro atoms. The van der Waals surface area contributed by atoms with Crippen LogP contribution in [0.1, 0.15) is 12.5 Å². The molecule has 0 bridgehead atoms. The number of fused-ring (bicyclic) bond motifs is 2. The molecule has 2 heterocycles. The van der Waals surface area contributed by atoms with Gasteiger partial charge in [-0.05, 0) is 37.3 Å². The lowest BCUT2D eigenvalue weighted by Gasteiger charge is -2.15. The molecule has 1 amide bonds. The molecule has 0 aliphatic rings. The molecule has 0 aliphatic heterocycles. The number of thiazole rings is 1. The van der Waals surface area contributed by atoms with Crippen LogP contribution in [0.15, 0.2) is 60.8 Å². The molecule has 0 unspecified atom stereocenters. The van der Waals surface area contributed by atoms with Gasteiger partial charge in [0.1, 0.15) is 0 Å². The van der Waals surface area contributed by atoms with Crippen LogP contribution in [0.2, 0.25) is 5.02 Å². The van der Waals surface area contributed by atoms with Gasteiger partial charge in [0.05, 0.1) is 15.7 Å². The van der Waals surface area contributed by atoms with Gasteiger partial charge < -0.3 is 0 Å². The van der Waals surface area contributed by atoms with Crippen molar-refractivity contribution in [3.05, 3.63) is 71.4 Å². The number of amides is 1. The largest absolute Gasteiger partial charge is 0.285 e. The second-order valence-corrected chi connectivity index (χ2v) is 7.39. The van der Waals surface area contributed by atoms with Gasteiger partial charge >= 0.3 is 0 Å². The van der Waals surface area contributed by atoms with E-state index in [0.29, 0.717) is 16.7 Å². The van der Waals surface area contributed by atoms with Crippen molar-refractivity contribution in [2.75, 3.05) is 11.4 Å². The van der Waals surface area contributed by atoms with Crippen LogP contribution in [-0.2, 0) is 4.79 Å². The van der Waals surface area contributed by atoms with Gasteiger partial charge in [0.15, 0.2) is 5.13 Å². The fourth-order valence-corrected chi connectivity index (χ4v) is 4.08. The van der Waals surface area contributed by atoms with E-state index in [4.69, 9.17) is 11.6 Å². The minimum absolute atomic E-state index is 0.115. The minimum atomic E-state index is -0.115. The van der Waals surface area contributed by atoms with Crippen molar-refractivity contribution in [1.29, 1.82) is 0 Å². The van der Waals surface area contributed by atoms with Crippen molar-refractivity contribution < 1.29 is 4.79 Å². The smallest absolute Gasteiger partial charge is 0.252 e. The molecular weight excluding hydrogens is 378 g/mol. The highest BCUT2D eigenvalue weighted by molar-refractivity contribution is 7.22. The molecule has 4 rings (SSSR count). The van der Waals surface area contributed by atoms with Crippen LogP contribution in [0.3, 0.4) is 0 Å². The molecule has 0 N–H and O–H groups in total. The summed E-state index contributed by atoms with van der Waals surface area (Å²) in [6, 6.07) is 15.4. The summed E-state index contributed by atoms with van der Waals surface area (Å²) in [5.41, 5.74) is 2.59. The van der Waals surface area contributed by atoms with Crippen LogP contribution in [0.4, 0.5) is 5.13 Å². The second kappa shape index (κ2) is 7.47. The van der Waals surface area contributed by atoms with Gasteiger partial charge in [0.25, 0.3) is 5.91 Å². The van der Waals surface area contributed by atoms with Crippen LogP contribution in [-0.4, -0.2) is 22.4 Å². The van der Waals surface area contributed by atoms with Gasteiger partial charge in [0, 0.05) is 34.8 Å². The Morgan fingerprint density at radius 3 is 2.93 bits per heavy atom. The molecule has 4 aromatic rings. The number of para-hydroxylation sites is 1.